The molecule has 0 aromatic heterocycles. The quantitative estimate of drug-likeness (QED) is 0.792. The minimum absolute atomic E-state index is 0.104. The average molecular weight is 264 g/mol. The molecule has 4 nitrogen and oxygen atoms in total. The topological polar surface area (TPSA) is 66.6 Å². The molecule has 0 heterocycles. The lowest BCUT2D eigenvalue weighted by Gasteiger charge is -2.19. The molecule has 19 heavy (non-hydrogen) atoms. The Labute approximate surface area is 115 Å². The second-order valence-electron chi connectivity index (χ2n) is 5.10. The van der Waals surface area contributed by atoms with Gasteiger partial charge in [-0.3, -0.25) is 4.79 Å². The number of phenols is 1. The van der Waals surface area contributed by atoms with Crippen LogP contribution in [0.3, 0.4) is 0 Å². The van der Waals surface area contributed by atoms with Crippen LogP contribution in [0.25, 0.3) is 0 Å². The van der Waals surface area contributed by atoms with Crippen molar-refractivity contribution >= 4 is 5.91 Å². The van der Waals surface area contributed by atoms with E-state index < -0.39 is 0 Å². The van der Waals surface area contributed by atoms with E-state index in [-0.39, 0.29) is 11.7 Å². The molecule has 0 saturated carbocycles. The molecule has 1 atom stereocenters. The average Bonchev–Trinajstić information content (AvgIpc) is 2.39. The molecule has 1 aromatic carbocycles. The number of nitrogens with two attached hydrogens (primary N) is 1. The van der Waals surface area contributed by atoms with Gasteiger partial charge in [-0.05, 0) is 31.4 Å². The Morgan fingerprint density at radius 3 is 2.68 bits per heavy atom. The predicted octanol–water partition coefficient (Wildman–Crippen LogP) is 2.12. The van der Waals surface area contributed by atoms with Crippen molar-refractivity contribution in [2.45, 2.75) is 32.7 Å². The molecule has 4 heteroatoms. The highest BCUT2D eigenvalue weighted by molar-refractivity contribution is 5.75. The normalized spacial score (nSPS) is 12.2. The highest BCUT2D eigenvalue weighted by Crippen LogP contribution is 2.18. The summed E-state index contributed by atoms with van der Waals surface area (Å²) in [5, 5.41) is 9.68. The molecule has 1 amide bonds. The molecule has 0 aliphatic rings. The van der Waals surface area contributed by atoms with E-state index >= 15 is 0 Å². The van der Waals surface area contributed by atoms with Crippen LogP contribution in [-0.2, 0) is 11.3 Å². The van der Waals surface area contributed by atoms with E-state index in [2.05, 4.69) is 6.92 Å². The summed E-state index contributed by atoms with van der Waals surface area (Å²) in [6.07, 6.45) is 2.35. The largest absolute Gasteiger partial charge is 0.508 e. The molecule has 3 N–H and O–H groups in total. The van der Waals surface area contributed by atoms with Crippen LogP contribution in [0.2, 0.25) is 0 Å². The van der Waals surface area contributed by atoms with Gasteiger partial charge in [-0.15, -0.1) is 0 Å². The molecular formula is C15H24N2O2. The summed E-state index contributed by atoms with van der Waals surface area (Å²) >= 11 is 0. The molecule has 0 spiro atoms. The van der Waals surface area contributed by atoms with Crippen molar-refractivity contribution in [3.05, 3.63) is 29.8 Å². The van der Waals surface area contributed by atoms with Gasteiger partial charge in [0.2, 0.25) is 5.91 Å². The molecule has 0 aliphatic heterocycles. The second-order valence-corrected chi connectivity index (χ2v) is 5.10. The number of hydrogen-bond acceptors (Lipinski definition) is 3. The molecular weight excluding hydrogens is 240 g/mol. The second kappa shape index (κ2) is 7.79. The Bertz CT molecular complexity index is 407. The maximum Gasteiger partial charge on any atom is 0.222 e. The number of aromatic hydroxyl groups is 1. The maximum atomic E-state index is 12.0. The fourth-order valence-electron chi connectivity index (χ4n) is 1.98. The van der Waals surface area contributed by atoms with Crippen LogP contribution >= 0.6 is 0 Å². The molecule has 106 valence electrons. The summed E-state index contributed by atoms with van der Waals surface area (Å²) in [4.78, 5) is 13.6. The SMILES string of the molecule is CC(CCN)CCC(=O)N(C)Cc1ccccc1O. The Hall–Kier alpha value is -1.55. The minimum atomic E-state index is 0.104. The summed E-state index contributed by atoms with van der Waals surface area (Å²) in [6.45, 7) is 3.23. The zero-order valence-corrected chi connectivity index (χ0v) is 11.8. The third kappa shape index (κ3) is 5.30. The monoisotopic (exact) mass is 264 g/mol. The highest BCUT2D eigenvalue weighted by Gasteiger charge is 2.12. The van der Waals surface area contributed by atoms with Crippen molar-refractivity contribution in [3.63, 3.8) is 0 Å². The molecule has 0 saturated heterocycles. The van der Waals surface area contributed by atoms with Gasteiger partial charge >= 0.3 is 0 Å². The smallest absolute Gasteiger partial charge is 0.222 e. The van der Waals surface area contributed by atoms with E-state index in [1.807, 2.05) is 12.1 Å². The summed E-state index contributed by atoms with van der Waals surface area (Å²) in [5.74, 6) is 0.818. The number of rotatable bonds is 7. The van der Waals surface area contributed by atoms with E-state index in [1.54, 1.807) is 24.1 Å². The third-order valence-corrected chi connectivity index (χ3v) is 3.34. The number of amides is 1. The first-order valence-corrected chi connectivity index (χ1v) is 6.75. The van der Waals surface area contributed by atoms with E-state index in [9.17, 15) is 9.90 Å². The van der Waals surface area contributed by atoms with Crippen LogP contribution in [-0.4, -0.2) is 29.5 Å². The Morgan fingerprint density at radius 2 is 2.05 bits per heavy atom. The number of carbonyl (C=O) groups excluding carboxylic acids is 1. The minimum Gasteiger partial charge on any atom is -0.508 e. The maximum absolute atomic E-state index is 12.0. The summed E-state index contributed by atoms with van der Waals surface area (Å²) in [7, 11) is 1.77. The zero-order chi connectivity index (χ0) is 14.3. The summed E-state index contributed by atoms with van der Waals surface area (Å²) in [5.41, 5.74) is 6.26. The van der Waals surface area contributed by atoms with Crippen LogP contribution in [0.5, 0.6) is 5.75 Å². The molecule has 1 aromatic rings. The summed E-state index contributed by atoms with van der Waals surface area (Å²) in [6, 6.07) is 7.10. The van der Waals surface area contributed by atoms with Crippen LogP contribution < -0.4 is 5.73 Å². The van der Waals surface area contributed by atoms with Crippen LogP contribution in [0, 0.1) is 5.92 Å². The van der Waals surface area contributed by atoms with Crippen molar-refractivity contribution in [2.24, 2.45) is 11.7 Å². The van der Waals surface area contributed by atoms with Crippen LogP contribution in [0.4, 0.5) is 0 Å². The number of benzene rings is 1. The fourth-order valence-corrected chi connectivity index (χ4v) is 1.98. The first kappa shape index (κ1) is 15.5. The van der Waals surface area contributed by atoms with Crippen LogP contribution in [0.15, 0.2) is 24.3 Å². The lowest BCUT2D eigenvalue weighted by atomic mass is 10.0. The van der Waals surface area contributed by atoms with Crippen molar-refractivity contribution in [3.8, 4) is 5.75 Å². The summed E-state index contributed by atoms with van der Waals surface area (Å²) < 4.78 is 0. The van der Waals surface area contributed by atoms with Gasteiger partial charge < -0.3 is 15.7 Å². The van der Waals surface area contributed by atoms with Crippen LogP contribution in [0.1, 0.15) is 31.7 Å². The van der Waals surface area contributed by atoms with Gasteiger partial charge in [-0.2, -0.15) is 0 Å². The standard InChI is InChI=1S/C15H24N2O2/c1-12(9-10-16)7-8-15(19)17(2)11-13-5-3-4-6-14(13)18/h3-6,12,18H,7-11,16H2,1-2H3. The molecule has 0 aliphatic carbocycles. The molecule has 1 rings (SSSR count). The van der Waals surface area contributed by atoms with Gasteiger partial charge in [0.15, 0.2) is 0 Å². The zero-order valence-electron chi connectivity index (χ0n) is 11.8. The lowest BCUT2D eigenvalue weighted by Crippen LogP contribution is -2.26. The lowest BCUT2D eigenvalue weighted by molar-refractivity contribution is -0.130. The van der Waals surface area contributed by atoms with Gasteiger partial charge in [0.05, 0.1) is 0 Å². The number of phenolic OH excluding ortho intramolecular Hbond substituents is 1. The van der Waals surface area contributed by atoms with Crippen molar-refractivity contribution in [2.75, 3.05) is 13.6 Å². The number of hydrogen-bond donors (Lipinski definition) is 2. The van der Waals surface area contributed by atoms with E-state index in [1.165, 1.54) is 0 Å². The third-order valence-electron chi connectivity index (χ3n) is 3.34. The van der Waals surface area contributed by atoms with Crippen molar-refractivity contribution < 1.29 is 9.90 Å². The molecule has 0 fully saturated rings. The molecule has 1 unspecified atom stereocenters. The highest BCUT2D eigenvalue weighted by atomic mass is 16.3. The van der Waals surface area contributed by atoms with Gasteiger partial charge in [0, 0.05) is 25.6 Å². The first-order chi connectivity index (χ1) is 9.04. The van der Waals surface area contributed by atoms with Crippen molar-refractivity contribution in [1.82, 2.24) is 4.90 Å². The first-order valence-electron chi connectivity index (χ1n) is 6.75. The fraction of sp³-hybridized carbons (Fsp3) is 0.533. The Balaban J connectivity index is 2.43. The number of para-hydroxylation sites is 1. The van der Waals surface area contributed by atoms with E-state index in [0.29, 0.717) is 25.4 Å². The molecule has 0 bridgehead atoms. The van der Waals surface area contributed by atoms with Gasteiger partial charge in [0.1, 0.15) is 5.75 Å². The predicted molar refractivity (Wildman–Crippen MR) is 76.7 cm³/mol. The van der Waals surface area contributed by atoms with Gasteiger partial charge in [-0.25, -0.2) is 0 Å². The number of nitrogens with zero attached hydrogens (tertiary/aromatic N) is 1. The number of carbonyl (C=O) groups is 1. The van der Waals surface area contributed by atoms with Crippen molar-refractivity contribution in [1.29, 1.82) is 0 Å². The molecule has 0 radical (unpaired) electrons. The Kier molecular flexibility index (Phi) is 6.36. The Morgan fingerprint density at radius 1 is 1.37 bits per heavy atom. The van der Waals surface area contributed by atoms with E-state index in [0.717, 1.165) is 18.4 Å². The van der Waals surface area contributed by atoms with E-state index in [4.69, 9.17) is 5.73 Å². The van der Waals surface area contributed by atoms with Gasteiger partial charge in [0.25, 0.3) is 0 Å². The van der Waals surface area contributed by atoms with Gasteiger partial charge in [-0.1, -0.05) is 25.1 Å².